The number of halogens is 2. The Labute approximate surface area is 145 Å². The van der Waals surface area contributed by atoms with Crippen molar-refractivity contribution in [1.29, 1.82) is 0 Å². The summed E-state index contributed by atoms with van der Waals surface area (Å²) in [6, 6.07) is 12.8. The van der Waals surface area contributed by atoms with E-state index in [1.807, 2.05) is 0 Å². The number of piperidine rings is 1. The molecule has 1 aliphatic rings. The van der Waals surface area contributed by atoms with E-state index in [2.05, 4.69) is 0 Å². The molecule has 24 heavy (non-hydrogen) atoms. The number of rotatable bonds is 3. The molecule has 0 unspecified atom stereocenters. The van der Waals surface area contributed by atoms with E-state index in [-0.39, 0.29) is 23.2 Å². The fourth-order valence-corrected chi connectivity index (χ4v) is 3.13. The zero-order valence-corrected chi connectivity index (χ0v) is 13.8. The minimum absolute atomic E-state index is 0.0738. The Morgan fingerprint density at radius 3 is 2.25 bits per heavy atom. The quantitative estimate of drug-likeness (QED) is 0.781. The molecule has 124 valence electrons. The van der Waals surface area contributed by atoms with E-state index in [1.54, 1.807) is 41.3 Å². The maximum absolute atomic E-state index is 13.7. The summed E-state index contributed by atoms with van der Waals surface area (Å²) in [6.45, 7) is 0.911. The van der Waals surface area contributed by atoms with Crippen molar-refractivity contribution >= 4 is 23.3 Å². The third-order valence-corrected chi connectivity index (χ3v) is 4.64. The van der Waals surface area contributed by atoms with Gasteiger partial charge in [-0.05, 0) is 49.2 Å². The van der Waals surface area contributed by atoms with Gasteiger partial charge in [0.15, 0.2) is 5.78 Å². The van der Waals surface area contributed by atoms with Crippen LogP contribution in [0.4, 0.5) is 4.39 Å². The van der Waals surface area contributed by atoms with Crippen molar-refractivity contribution < 1.29 is 14.0 Å². The van der Waals surface area contributed by atoms with Crippen LogP contribution in [0.5, 0.6) is 0 Å². The minimum Gasteiger partial charge on any atom is -0.339 e. The van der Waals surface area contributed by atoms with Gasteiger partial charge < -0.3 is 4.90 Å². The highest BCUT2D eigenvalue weighted by Gasteiger charge is 2.29. The monoisotopic (exact) mass is 345 g/mol. The number of ketones is 1. The molecule has 0 saturated carbocycles. The largest absolute Gasteiger partial charge is 0.339 e. The first-order valence-corrected chi connectivity index (χ1v) is 8.27. The van der Waals surface area contributed by atoms with Gasteiger partial charge in [-0.15, -0.1) is 0 Å². The topological polar surface area (TPSA) is 37.4 Å². The summed E-state index contributed by atoms with van der Waals surface area (Å²) in [4.78, 5) is 26.5. The summed E-state index contributed by atoms with van der Waals surface area (Å²) in [7, 11) is 0. The maximum atomic E-state index is 13.7. The molecule has 0 spiro atoms. The maximum Gasteiger partial charge on any atom is 0.256 e. The highest BCUT2D eigenvalue weighted by Crippen LogP contribution is 2.24. The molecule has 0 N–H and O–H groups in total. The molecule has 2 aromatic carbocycles. The van der Waals surface area contributed by atoms with Crippen LogP contribution in [0.15, 0.2) is 48.5 Å². The first-order chi connectivity index (χ1) is 11.6. The Balaban J connectivity index is 1.63. The number of Topliss-reactive ketones (excluding diaryl/α,β-unsaturated/α-hetero) is 1. The van der Waals surface area contributed by atoms with Gasteiger partial charge in [-0.3, -0.25) is 9.59 Å². The smallest absolute Gasteiger partial charge is 0.256 e. The highest BCUT2D eigenvalue weighted by molar-refractivity contribution is 6.30. The van der Waals surface area contributed by atoms with E-state index in [4.69, 9.17) is 11.6 Å². The zero-order chi connectivity index (χ0) is 17.1. The van der Waals surface area contributed by atoms with Gasteiger partial charge in [-0.1, -0.05) is 23.7 Å². The lowest BCUT2D eigenvalue weighted by Crippen LogP contribution is -2.40. The van der Waals surface area contributed by atoms with Crippen LogP contribution in [-0.4, -0.2) is 29.7 Å². The van der Waals surface area contributed by atoms with Crippen LogP contribution in [0.2, 0.25) is 5.02 Å². The van der Waals surface area contributed by atoms with E-state index in [0.717, 1.165) is 0 Å². The molecule has 5 heteroatoms. The normalized spacial score (nSPS) is 15.3. The number of hydrogen-bond donors (Lipinski definition) is 0. The summed E-state index contributed by atoms with van der Waals surface area (Å²) in [5.74, 6) is -0.868. The second-order valence-corrected chi connectivity index (χ2v) is 6.35. The molecular formula is C19H17ClFNO2. The van der Waals surface area contributed by atoms with E-state index in [9.17, 15) is 14.0 Å². The molecule has 0 bridgehead atoms. The van der Waals surface area contributed by atoms with Crippen molar-refractivity contribution in [3.8, 4) is 0 Å². The van der Waals surface area contributed by atoms with Gasteiger partial charge >= 0.3 is 0 Å². The number of benzene rings is 2. The van der Waals surface area contributed by atoms with Crippen molar-refractivity contribution in [3.63, 3.8) is 0 Å². The molecule has 2 aromatic rings. The number of hydrogen-bond acceptors (Lipinski definition) is 2. The van der Waals surface area contributed by atoms with Crippen LogP contribution in [0.3, 0.4) is 0 Å². The van der Waals surface area contributed by atoms with E-state index < -0.39 is 5.82 Å². The molecule has 1 heterocycles. The third-order valence-electron chi connectivity index (χ3n) is 4.39. The lowest BCUT2D eigenvalue weighted by molar-refractivity contribution is 0.0646. The van der Waals surface area contributed by atoms with Crippen LogP contribution >= 0.6 is 11.6 Å². The lowest BCUT2D eigenvalue weighted by atomic mass is 9.88. The predicted molar refractivity (Wildman–Crippen MR) is 90.8 cm³/mol. The van der Waals surface area contributed by atoms with Gasteiger partial charge in [0.2, 0.25) is 0 Å². The van der Waals surface area contributed by atoms with Gasteiger partial charge in [0.1, 0.15) is 5.82 Å². The average molecular weight is 346 g/mol. The molecule has 0 atom stereocenters. The Hall–Kier alpha value is -2.20. The molecule has 1 saturated heterocycles. The fourth-order valence-electron chi connectivity index (χ4n) is 3.00. The Morgan fingerprint density at radius 1 is 1.00 bits per heavy atom. The van der Waals surface area contributed by atoms with Crippen molar-refractivity contribution in [2.45, 2.75) is 12.8 Å². The minimum atomic E-state index is -0.512. The van der Waals surface area contributed by atoms with E-state index in [0.29, 0.717) is 36.5 Å². The third kappa shape index (κ3) is 3.49. The Bertz CT molecular complexity index is 752. The fraction of sp³-hybridized carbons (Fsp3) is 0.263. The second-order valence-electron chi connectivity index (χ2n) is 5.92. The average Bonchev–Trinajstić information content (AvgIpc) is 2.62. The van der Waals surface area contributed by atoms with Gasteiger partial charge in [0.05, 0.1) is 5.56 Å². The highest BCUT2D eigenvalue weighted by atomic mass is 35.5. The van der Waals surface area contributed by atoms with Gasteiger partial charge in [-0.25, -0.2) is 4.39 Å². The summed E-state index contributed by atoms with van der Waals surface area (Å²) in [5.41, 5.74) is 0.721. The molecular weight excluding hydrogens is 329 g/mol. The first kappa shape index (κ1) is 16.7. The molecule has 0 radical (unpaired) electrons. The number of amides is 1. The summed E-state index contributed by atoms with van der Waals surface area (Å²) < 4.78 is 13.7. The van der Waals surface area contributed by atoms with Crippen LogP contribution in [0.25, 0.3) is 0 Å². The van der Waals surface area contributed by atoms with Gasteiger partial charge in [-0.2, -0.15) is 0 Å². The van der Waals surface area contributed by atoms with Crippen LogP contribution in [0.1, 0.15) is 33.6 Å². The zero-order valence-electron chi connectivity index (χ0n) is 13.0. The number of likely N-dealkylation sites (tertiary alicyclic amines) is 1. The van der Waals surface area contributed by atoms with Crippen molar-refractivity contribution in [2.24, 2.45) is 5.92 Å². The second kappa shape index (κ2) is 7.14. The summed E-state index contributed by atoms with van der Waals surface area (Å²) in [6.07, 6.45) is 1.17. The number of nitrogens with zero attached hydrogens (tertiary/aromatic N) is 1. The van der Waals surface area contributed by atoms with Crippen LogP contribution in [0, 0.1) is 11.7 Å². The van der Waals surface area contributed by atoms with E-state index in [1.165, 1.54) is 12.1 Å². The molecule has 0 aliphatic carbocycles. The van der Waals surface area contributed by atoms with Crippen LogP contribution in [-0.2, 0) is 0 Å². The van der Waals surface area contributed by atoms with Crippen molar-refractivity contribution in [3.05, 3.63) is 70.5 Å². The SMILES string of the molecule is O=C(c1ccc(Cl)cc1)C1CCN(C(=O)c2ccccc2F)CC1. The first-order valence-electron chi connectivity index (χ1n) is 7.90. The van der Waals surface area contributed by atoms with Crippen molar-refractivity contribution in [2.75, 3.05) is 13.1 Å². The van der Waals surface area contributed by atoms with Crippen LogP contribution < -0.4 is 0 Å². The molecule has 3 nitrogen and oxygen atoms in total. The summed E-state index contributed by atoms with van der Waals surface area (Å²) in [5, 5.41) is 0.594. The molecule has 1 aliphatic heterocycles. The summed E-state index contributed by atoms with van der Waals surface area (Å²) >= 11 is 5.84. The van der Waals surface area contributed by atoms with Crippen molar-refractivity contribution in [1.82, 2.24) is 4.90 Å². The lowest BCUT2D eigenvalue weighted by Gasteiger charge is -2.31. The number of carbonyl (C=O) groups is 2. The number of carbonyl (C=O) groups excluding carboxylic acids is 2. The molecule has 3 rings (SSSR count). The molecule has 1 amide bonds. The molecule has 0 aromatic heterocycles. The molecule has 1 fully saturated rings. The Morgan fingerprint density at radius 2 is 1.62 bits per heavy atom. The Kier molecular flexibility index (Phi) is 4.95. The van der Waals surface area contributed by atoms with Gasteiger partial charge in [0, 0.05) is 29.6 Å². The van der Waals surface area contributed by atoms with E-state index >= 15 is 0 Å². The predicted octanol–water partition coefficient (Wildman–Crippen LogP) is 4.21. The van der Waals surface area contributed by atoms with Gasteiger partial charge in [0.25, 0.3) is 5.91 Å². The standard InChI is InChI=1S/C19H17ClFNO2/c20-15-7-5-13(6-8-15)18(23)14-9-11-22(12-10-14)19(24)16-3-1-2-4-17(16)21/h1-8,14H,9-12H2.